The third kappa shape index (κ3) is 2.92. The van der Waals surface area contributed by atoms with Crippen LogP contribution in [0.15, 0.2) is 35.1 Å². The van der Waals surface area contributed by atoms with Gasteiger partial charge in [-0.15, -0.1) is 0 Å². The number of hydrogen-bond donors (Lipinski definition) is 2. The number of carbonyl (C=O) groups excluding carboxylic acids is 1. The second-order valence-electron chi connectivity index (χ2n) is 6.57. The molecule has 1 aliphatic carbocycles. The molecule has 0 unspecified atom stereocenters. The van der Waals surface area contributed by atoms with Crippen molar-refractivity contribution in [1.29, 1.82) is 0 Å². The summed E-state index contributed by atoms with van der Waals surface area (Å²) >= 11 is 0. The Morgan fingerprint density at radius 3 is 2.88 bits per heavy atom. The highest BCUT2D eigenvalue weighted by Crippen LogP contribution is 2.19. The molecule has 4 rings (SSSR count). The van der Waals surface area contributed by atoms with Gasteiger partial charge in [-0.1, -0.05) is 17.7 Å². The summed E-state index contributed by atoms with van der Waals surface area (Å²) in [6, 6.07) is 9.10. The van der Waals surface area contributed by atoms with Crippen LogP contribution in [0.25, 0.3) is 5.95 Å². The summed E-state index contributed by atoms with van der Waals surface area (Å²) in [5.41, 5.74) is 3.72. The molecule has 2 N–H and O–H groups in total. The van der Waals surface area contributed by atoms with E-state index in [-0.39, 0.29) is 11.5 Å². The number of benzene rings is 1. The van der Waals surface area contributed by atoms with Crippen molar-refractivity contribution < 1.29 is 4.79 Å². The molecule has 0 fully saturated rings. The van der Waals surface area contributed by atoms with Crippen LogP contribution >= 0.6 is 0 Å². The molecule has 0 bridgehead atoms. The molecule has 26 heavy (non-hydrogen) atoms. The molecule has 1 aromatic carbocycles. The molecule has 1 amide bonds. The van der Waals surface area contributed by atoms with E-state index < -0.39 is 0 Å². The number of H-pyrrole nitrogens is 1. The second-order valence-corrected chi connectivity index (χ2v) is 6.57. The first kappa shape index (κ1) is 16.3. The van der Waals surface area contributed by atoms with Crippen LogP contribution in [0.2, 0.25) is 0 Å². The number of hydrogen-bond acceptors (Lipinski definition) is 4. The normalized spacial score (nSPS) is 12.8. The van der Waals surface area contributed by atoms with Crippen molar-refractivity contribution in [2.75, 3.05) is 5.32 Å². The zero-order valence-corrected chi connectivity index (χ0v) is 14.7. The number of amides is 1. The standard InChI is InChI=1S/C19H19N5O2/c1-11-5-3-6-13(9-11)17(25)21-16-10-12(2)23-24(16)19-20-15-8-4-7-14(15)18(26)22-19/h3,5-6,9-10H,4,7-8H2,1-2H3,(H,21,25)(H,20,22,26). The van der Waals surface area contributed by atoms with Crippen LogP contribution in [-0.2, 0) is 12.8 Å². The maximum atomic E-state index is 12.6. The monoisotopic (exact) mass is 349 g/mol. The van der Waals surface area contributed by atoms with Gasteiger partial charge in [0.1, 0.15) is 5.82 Å². The second kappa shape index (κ2) is 6.25. The Balaban J connectivity index is 1.71. The Morgan fingerprint density at radius 1 is 1.23 bits per heavy atom. The minimum absolute atomic E-state index is 0.133. The molecule has 0 spiro atoms. The van der Waals surface area contributed by atoms with E-state index in [0.717, 1.165) is 36.1 Å². The van der Waals surface area contributed by atoms with Gasteiger partial charge in [-0.3, -0.25) is 14.6 Å². The molecular weight excluding hydrogens is 330 g/mol. The average molecular weight is 349 g/mol. The first-order valence-electron chi connectivity index (χ1n) is 8.58. The highest BCUT2D eigenvalue weighted by Gasteiger charge is 2.20. The minimum Gasteiger partial charge on any atom is -0.306 e. The van der Waals surface area contributed by atoms with Crippen molar-refractivity contribution in [3.05, 3.63) is 68.8 Å². The van der Waals surface area contributed by atoms with Crippen LogP contribution < -0.4 is 10.9 Å². The van der Waals surface area contributed by atoms with E-state index in [0.29, 0.717) is 23.0 Å². The summed E-state index contributed by atoms with van der Waals surface area (Å²) in [7, 11) is 0. The number of carbonyl (C=O) groups is 1. The van der Waals surface area contributed by atoms with Gasteiger partial charge >= 0.3 is 0 Å². The van der Waals surface area contributed by atoms with Crippen LogP contribution in [0, 0.1) is 13.8 Å². The molecule has 0 saturated carbocycles. The molecule has 0 saturated heterocycles. The number of aromatic nitrogens is 4. The average Bonchev–Trinajstić information content (AvgIpc) is 3.21. The largest absolute Gasteiger partial charge is 0.306 e. The van der Waals surface area contributed by atoms with E-state index in [1.54, 1.807) is 12.1 Å². The van der Waals surface area contributed by atoms with Gasteiger partial charge in [0.05, 0.1) is 11.4 Å². The molecular formula is C19H19N5O2. The first-order chi connectivity index (χ1) is 12.5. The quantitative estimate of drug-likeness (QED) is 0.759. The van der Waals surface area contributed by atoms with Gasteiger partial charge in [-0.05, 0) is 45.2 Å². The Kier molecular flexibility index (Phi) is 3.91. The molecule has 1 aliphatic rings. The van der Waals surface area contributed by atoms with Crippen molar-refractivity contribution in [1.82, 2.24) is 19.7 Å². The van der Waals surface area contributed by atoms with Crippen LogP contribution in [0.4, 0.5) is 5.82 Å². The molecule has 132 valence electrons. The zero-order valence-electron chi connectivity index (χ0n) is 14.7. The maximum absolute atomic E-state index is 12.6. The maximum Gasteiger partial charge on any atom is 0.256 e. The SMILES string of the molecule is Cc1cccc(C(=O)Nc2cc(C)nn2-c2nc3c(c(=O)[nH]2)CCC3)c1. The fourth-order valence-corrected chi connectivity index (χ4v) is 3.25. The number of aromatic amines is 1. The van der Waals surface area contributed by atoms with E-state index >= 15 is 0 Å². The lowest BCUT2D eigenvalue weighted by molar-refractivity contribution is 0.102. The summed E-state index contributed by atoms with van der Waals surface area (Å²) < 4.78 is 1.48. The molecule has 7 heteroatoms. The number of nitrogens with one attached hydrogen (secondary N) is 2. The van der Waals surface area contributed by atoms with Crippen molar-refractivity contribution in [3.8, 4) is 5.95 Å². The third-order valence-corrected chi connectivity index (χ3v) is 4.48. The molecule has 2 heterocycles. The Labute approximate surface area is 150 Å². The third-order valence-electron chi connectivity index (χ3n) is 4.48. The fourth-order valence-electron chi connectivity index (χ4n) is 3.25. The van der Waals surface area contributed by atoms with Crippen LogP contribution in [0.3, 0.4) is 0 Å². The van der Waals surface area contributed by atoms with Gasteiger partial charge < -0.3 is 5.32 Å². The summed E-state index contributed by atoms with van der Waals surface area (Å²) in [6.45, 7) is 3.76. The number of anilines is 1. The highest BCUT2D eigenvalue weighted by molar-refractivity contribution is 6.04. The van der Waals surface area contributed by atoms with Crippen LogP contribution in [0.5, 0.6) is 0 Å². The number of nitrogens with zero attached hydrogens (tertiary/aromatic N) is 3. The van der Waals surface area contributed by atoms with Gasteiger partial charge in [0.15, 0.2) is 0 Å². The Bertz CT molecular complexity index is 1060. The lowest BCUT2D eigenvalue weighted by Crippen LogP contribution is -2.21. The van der Waals surface area contributed by atoms with Gasteiger partial charge in [0.25, 0.3) is 11.5 Å². The van der Waals surface area contributed by atoms with Crippen molar-refractivity contribution in [2.24, 2.45) is 0 Å². The number of aryl methyl sites for hydroxylation is 3. The molecule has 3 aromatic rings. The molecule has 2 aromatic heterocycles. The first-order valence-corrected chi connectivity index (χ1v) is 8.58. The molecule has 0 radical (unpaired) electrons. The lowest BCUT2D eigenvalue weighted by atomic mass is 10.1. The number of fused-ring (bicyclic) bond motifs is 1. The molecule has 0 atom stereocenters. The smallest absolute Gasteiger partial charge is 0.256 e. The Hall–Kier alpha value is -3.22. The Morgan fingerprint density at radius 2 is 2.08 bits per heavy atom. The van der Waals surface area contributed by atoms with E-state index in [2.05, 4.69) is 20.4 Å². The van der Waals surface area contributed by atoms with Crippen LogP contribution in [-0.4, -0.2) is 25.7 Å². The topological polar surface area (TPSA) is 92.7 Å². The highest BCUT2D eigenvalue weighted by atomic mass is 16.1. The van der Waals surface area contributed by atoms with Gasteiger partial charge in [-0.25, -0.2) is 4.98 Å². The predicted octanol–water partition coefficient (Wildman–Crippen LogP) is 2.31. The predicted molar refractivity (Wildman–Crippen MR) is 97.9 cm³/mol. The van der Waals surface area contributed by atoms with Gasteiger partial charge in [0.2, 0.25) is 5.95 Å². The number of rotatable bonds is 3. The zero-order chi connectivity index (χ0) is 18.3. The molecule has 7 nitrogen and oxygen atoms in total. The van der Waals surface area contributed by atoms with Gasteiger partial charge in [0, 0.05) is 17.2 Å². The van der Waals surface area contributed by atoms with Crippen molar-refractivity contribution >= 4 is 11.7 Å². The van der Waals surface area contributed by atoms with E-state index in [1.807, 2.05) is 32.0 Å². The van der Waals surface area contributed by atoms with E-state index in [9.17, 15) is 9.59 Å². The minimum atomic E-state index is -0.238. The summed E-state index contributed by atoms with van der Waals surface area (Å²) in [6.07, 6.45) is 2.48. The van der Waals surface area contributed by atoms with Crippen molar-refractivity contribution in [2.45, 2.75) is 33.1 Å². The van der Waals surface area contributed by atoms with E-state index in [4.69, 9.17) is 0 Å². The van der Waals surface area contributed by atoms with Gasteiger partial charge in [-0.2, -0.15) is 9.78 Å². The summed E-state index contributed by atoms with van der Waals surface area (Å²) in [4.78, 5) is 32.2. The van der Waals surface area contributed by atoms with E-state index in [1.165, 1.54) is 4.68 Å². The van der Waals surface area contributed by atoms with Crippen molar-refractivity contribution in [3.63, 3.8) is 0 Å². The summed E-state index contributed by atoms with van der Waals surface area (Å²) in [5, 5.41) is 7.24. The fraction of sp³-hybridized carbons (Fsp3) is 0.263. The lowest BCUT2D eigenvalue weighted by Gasteiger charge is -2.09. The van der Waals surface area contributed by atoms with Crippen LogP contribution in [0.1, 0.15) is 39.3 Å². The summed E-state index contributed by atoms with van der Waals surface area (Å²) in [5.74, 6) is 0.553. The molecule has 0 aliphatic heterocycles.